The number of methoxy groups -OCH3 is 2. The largest absolute Gasteiger partial charge is 0.468 e. The summed E-state index contributed by atoms with van der Waals surface area (Å²) in [6.45, 7) is 48.9. The van der Waals surface area contributed by atoms with Gasteiger partial charge in [0, 0.05) is 101 Å². The molecule has 9 amide bonds. The number of hydrogen-bond donors (Lipinski definition) is 7. The van der Waals surface area contributed by atoms with Crippen molar-refractivity contribution in [2.75, 3.05) is 114 Å². The second-order valence-corrected chi connectivity index (χ2v) is 44.8. The quantitative estimate of drug-likeness (QED) is 0.0359. The first kappa shape index (κ1) is 118. The molecule has 5 heterocycles. The fourth-order valence-corrected chi connectivity index (χ4v) is 19.0. The highest BCUT2D eigenvalue weighted by Crippen LogP contribution is 2.49. The van der Waals surface area contributed by atoms with Crippen molar-refractivity contribution in [3.63, 3.8) is 0 Å². The Hall–Kier alpha value is -8.66. The number of Topliss-reactive ketones (excluding diaryl/α,β-unsaturated/α-hetero) is 1. The number of esters is 2. The minimum Gasteiger partial charge on any atom is -0.468 e. The third-order valence-electron chi connectivity index (χ3n) is 26.8. The summed E-state index contributed by atoms with van der Waals surface area (Å²) in [5, 5.41) is 21.4. The molecule has 33 heteroatoms. The maximum atomic E-state index is 14.4. The Labute approximate surface area is 812 Å². The molecule has 9 rings (SSSR count). The molecule has 0 spiro atoms. The van der Waals surface area contributed by atoms with E-state index < -0.39 is 76.0 Å². The van der Waals surface area contributed by atoms with E-state index in [0.717, 1.165) is 69.0 Å². The highest BCUT2D eigenvalue weighted by Gasteiger charge is 2.53. The Morgan fingerprint density at radius 2 is 0.831 bits per heavy atom. The van der Waals surface area contributed by atoms with Gasteiger partial charge in [-0.3, -0.25) is 63.2 Å². The molecule has 5 aliphatic heterocycles. The van der Waals surface area contributed by atoms with Gasteiger partial charge in [-0.05, 0) is 241 Å². The molecule has 772 valence electrons. The number of nitrogens with zero attached hydrogens (tertiary/aromatic N) is 7. The SMILES string of the molecule is C.CC(C)C1CN(C)[C@H](C(=O)N[C@H](Cc2ccc(F)cc2)C(=O)N2CCC(C(=O)NC(C)(C)C)(C3CCCCC3)CC2)CN1.CC(C)C1CN(C)[C@H](C(=O)N[C@H](Cc2ccc(F)cc2)C(=O)N2CCC(C(=O)NC(C)(C)C)(C3CCCCC3)CC2)CN1C(=O)OC(C)(C)C.COC(=O)[C@@H]1CN(C(=O)OC(C)(C)C)C(C(C)C)CN1C.COC(=O)[C@H](CNC(=O)OC(C)(C)C)NCC(=O)C(C)C. The fraction of sp³-hybridized carbons (Fsp3) is 0.767. The smallest absolute Gasteiger partial charge is 0.410 e. The molecular formula is C103H174F2N14O17. The van der Waals surface area contributed by atoms with E-state index in [1.165, 1.54) is 51.3 Å². The normalized spacial score (nSPS) is 21.8. The lowest BCUT2D eigenvalue weighted by Gasteiger charge is -2.48. The number of alkyl carbamates (subject to hydrolysis) is 1. The zero-order valence-corrected chi connectivity index (χ0v) is 86.9. The molecule has 7 N–H and O–H groups in total. The van der Waals surface area contributed by atoms with Crippen LogP contribution in [-0.4, -0.2) is 302 Å². The molecule has 2 saturated carbocycles. The number of carbonyl (C=O) groups excluding carboxylic acids is 12. The average molecular weight is 1920 g/mol. The van der Waals surface area contributed by atoms with Gasteiger partial charge in [-0.25, -0.2) is 23.2 Å². The van der Waals surface area contributed by atoms with Gasteiger partial charge in [0.1, 0.15) is 70.5 Å². The van der Waals surface area contributed by atoms with Crippen LogP contribution in [0.3, 0.4) is 0 Å². The number of amides is 9. The molecule has 0 radical (unpaired) electrons. The second-order valence-electron chi connectivity index (χ2n) is 44.8. The Bertz CT molecular complexity index is 4190. The molecule has 2 aliphatic carbocycles. The number of piperidine rings is 2. The molecule has 2 aromatic rings. The first-order valence-electron chi connectivity index (χ1n) is 49.3. The van der Waals surface area contributed by atoms with Crippen LogP contribution in [0.1, 0.15) is 268 Å². The van der Waals surface area contributed by atoms with Crippen molar-refractivity contribution in [1.82, 2.24) is 71.5 Å². The molecule has 136 heavy (non-hydrogen) atoms. The number of hydrogen-bond acceptors (Lipinski definition) is 22. The standard InChI is InChI=1S/C39H62FN5O5.C34H54FN5O3.C15H28N2O4.C14H26N2O5.CH4/c1-26(2)31-24-43(9)32(25-45(31)36(49)50-38(6,7)8)33(46)41-30(23-27-15-17-29(40)18-16-27)34(47)44-21-19-39(20-22-44,28-13-11-10-12-14-28)35(48)42-37(3,4)5;1-23(2)28-22-39(6)29(21-36-28)30(41)37-27(20-24-12-14-26(35)15-13-24)31(42)40-18-16-34(17-19-40,25-10-8-7-9-11-25)32(43)38-33(3,4)5;1-10(2)11-8-16(6)12(13(18)20-7)9-17(11)14(19)21-15(3,4)5;1-9(2)11(17)8-15-10(12(18)20-6)7-16-13(19)21-14(3,4)5;/h15-18,26,28,30-32H,10-14,19-25H2,1-9H3,(H,41,46)(H,42,48);12-15,23,25,27-29,36H,7-11,16-22H2,1-6H3,(H,37,41)(H,38,43);10-12H,8-9H2,1-7H3;9-10,15H,7-8H2,1-6H3,(H,16,19);1H4/t30-,31?,32+;27-,28?,29+;11?,12-;10-;/m1100./s1. The molecule has 0 bridgehead atoms. The van der Waals surface area contributed by atoms with Crippen molar-refractivity contribution < 1.29 is 90.0 Å². The number of halogens is 2. The van der Waals surface area contributed by atoms with Crippen molar-refractivity contribution >= 4 is 71.4 Å². The van der Waals surface area contributed by atoms with Gasteiger partial charge in [0.25, 0.3) is 0 Å². The van der Waals surface area contributed by atoms with Gasteiger partial charge < -0.3 is 75.2 Å². The minimum atomic E-state index is -0.912. The van der Waals surface area contributed by atoms with E-state index in [1.54, 1.807) is 73.6 Å². The number of rotatable bonds is 25. The lowest BCUT2D eigenvalue weighted by molar-refractivity contribution is -0.150. The summed E-state index contributed by atoms with van der Waals surface area (Å²) >= 11 is 0. The lowest BCUT2D eigenvalue weighted by atomic mass is 9.63. The van der Waals surface area contributed by atoms with Crippen molar-refractivity contribution in [2.45, 2.75) is 352 Å². The molecule has 9 atom stereocenters. The van der Waals surface area contributed by atoms with Crippen LogP contribution in [0.4, 0.5) is 23.2 Å². The van der Waals surface area contributed by atoms with Crippen molar-refractivity contribution in [3.05, 3.63) is 71.3 Å². The third-order valence-corrected chi connectivity index (χ3v) is 26.8. The van der Waals surface area contributed by atoms with Gasteiger partial charge in [0.05, 0.1) is 50.2 Å². The fourth-order valence-electron chi connectivity index (χ4n) is 19.0. The van der Waals surface area contributed by atoms with Crippen LogP contribution in [0.5, 0.6) is 0 Å². The molecule has 7 fully saturated rings. The number of likely N-dealkylation sites (tertiary alicyclic amines) is 2. The van der Waals surface area contributed by atoms with Crippen LogP contribution in [-0.2, 0) is 79.7 Å². The van der Waals surface area contributed by atoms with Crippen LogP contribution >= 0.6 is 0 Å². The van der Waals surface area contributed by atoms with Crippen LogP contribution < -0.4 is 37.2 Å². The molecule has 5 saturated heterocycles. The minimum absolute atomic E-state index is 0. The summed E-state index contributed by atoms with van der Waals surface area (Å²) < 4.78 is 53.2. The number of ketones is 1. The van der Waals surface area contributed by atoms with Crippen molar-refractivity contribution in [3.8, 4) is 0 Å². The van der Waals surface area contributed by atoms with Gasteiger partial charge in [0.15, 0.2) is 0 Å². The van der Waals surface area contributed by atoms with Gasteiger partial charge in [-0.1, -0.05) is 126 Å². The van der Waals surface area contributed by atoms with E-state index in [-0.39, 0.29) is 158 Å². The zero-order valence-electron chi connectivity index (χ0n) is 86.9. The first-order chi connectivity index (χ1) is 62.7. The van der Waals surface area contributed by atoms with Crippen LogP contribution in [0, 0.1) is 58.0 Å². The van der Waals surface area contributed by atoms with Crippen molar-refractivity contribution in [1.29, 1.82) is 0 Å². The van der Waals surface area contributed by atoms with Crippen molar-refractivity contribution in [2.24, 2.45) is 46.3 Å². The molecule has 7 aliphatic rings. The molecule has 2 aromatic carbocycles. The summed E-state index contributed by atoms with van der Waals surface area (Å²) in [7, 11) is 8.30. The van der Waals surface area contributed by atoms with Gasteiger partial charge >= 0.3 is 30.2 Å². The van der Waals surface area contributed by atoms with Gasteiger partial charge in [0.2, 0.25) is 35.4 Å². The molecule has 3 unspecified atom stereocenters. The molecule has 0 aromatic heterocycles. The van der Waals surface area contributed by atoms with Crippen LogP contribution in [0.15, 0.2) is 48.5 Å². The van der Waals surface area contributed by atoms with E-state index in [0.29, 0.717) is 95.9 Å². The second kappa shape index (κ2) is 52.0. The highest BCUT2D eigenvalue weighted by atomic mass is 19.1. The average Bonchev–Trinajstić information content (AvgIpc) is 0.818. The summed E-state index contributed by atoms with van der Waals surface area (Å²) in [5.41, 5.74) is -2.07. The summed E-state index contributed by atoms with van der Waals surface area (Å²) in [6, 6.07) is 8.23. The predicted molar refractivity (Wildman–Crippen MR) is 525 cm³/mol. The summed E-state index contributed by atoms with van der Waals surface area (Å²) in [6.07, 6.45) is 12.4. The molecular weight excluding hydrogens is 1740 g/mol. The lowest BCUT2D eigenvalue weighted by Crippen LogP contribution is -2.65. The molecule has 31 nitrogen and oxygen atoms in total. The number of carbonyl (C=O) groups is 12. The monoisotopic (exact) mass is 1920 g/mol. The maximum absolute atomic E-state index is 14.4. The highest BCUT2D eigenvalue weighted by molar-refractivity contribution is 5.93. The van der Waals surface area contributed by atoms with E-state index in [2.05, 4.69) is 74.5 Å². The van der Waals surface area contributed by atoms with Crippen LogP contribution in [0.2, 0.25) is 0 Å². The topological polar surface area (TPSA) is 358 Å². The first-order valence-corrected chi connectivity index (χ1v) is 49.3. The Kier molecular flexibility index (Phi) is 45.1. The van der Waals surface area contributed by atoms with E-state index in [9.17, 15) is 66.3 Å². The summed E-state index contributed by atoms with van der Waals surface area (Å²) in [4.78, 5) is 169. The van der Waals surface area contributed by atoms with Crippen LogP contribution in [0.25, 0.3) is 0 Å². The number of likely N-dealkylation sites (N-methyl/N-ethyl adjacent to an activating group) is 3. The van der Waals surface area contributed by atoms with Gasteiger partial charge in [-0.2, -0.15) is 0 Å². The Balaban J connectivity index is 0.000000342. The summed E-state index contributed by atoms with van der Waals surface area (Å²) in [5.74, 6) is -1.02. The maximum Gasteiger partial charge on any atom is 0.410 e. The Morgan fingerprint density at radius 1 is 0.463 bits per heavy atom. The third kappa shape index (κ3) is 36.2. The van der Waals surface area contributed by atoms with E-state index in [4.69, 9.17) is 18.9 Å². The predicted octanol–water partition coefficient (Wildman–Crippen LogP) is 12.7. The number of nitrogens with one attached hydrogen (secondary N) is 7. The number of ether oxygens (including phenoxy) is 5. The zero-order chi connectivity index (χ0) is 101. The van der Waals surface area contributed by atoms with Gasteiger partial charge in [-0.15, -0.1) is 0 Å². The number of piperazine rings is 3. The Morgan fingerprint density at radius 3 is 1.17 bits per heavy atom. The number of benzene rings is 2. The van der Waals surface area contributed by atoms with E-state index >= 15 is 0 Å². The van der Waals surface area contributed by atoms with E-state index in [1.807, 2.05) is 133 Å².